The van der Waals surface area contributed by atoms with Gasteiger partial charge in [-0.25, -0.2) is 4.98 Å². The zero-order valence-electron chi connectivity index (χ0n) is 13.8. The highest BCUT2D eigenvalue weighted by Crippen LogP contribution is 2.40. The summed E-state index contributed by atoms with van der Waals surface area (Å²) in [5.74, 6) is 1.71. The highest BCUT2D eigenvalue weighted by molar-refractivity contribution is 5.97. The van der Waals surface area contributed by atoms with Crippen LogP contribution in [0, 0.1) is 0 Å². The number of nitrogens with zero attached hydrogens (tertiary/aromatic N) is 2. The number of nitrogens with one attached hydrogen (secondary N) is 1. The molecule has 0 unspecified atom stereocenters. The van der Waals surface area contributed by atoms with E-state index in [9.17, 15) is 4.79 Å². The summed E-state index contributed by atoms with van der Waals surface area (Å²) in [4.78, 5) is 17.1. The second-order valence-electron chi connectivity index (χ2n) is 6.50. The summed E-state index contributed by atoms with van der Waals surface area (Å²) in [6, 6.07) is 16.0. The fraction of sp³-hybridized carbons (Fsp3) is 0.300. The van der Waals surface area contributed by atoms with Crippen molar-refractivity contribution >= 4 is 16.9 Å². The van der Waals surface area contributed by atoms with Crippen molar-refractivity contribution in [1.82, 2.24) is 14.9 Å². The molecule has 1 fully saturated rings. The van der Waals surface area contributed by atoms with Gasteiger partial charge in [0.05, 0.1) is 11.0 Å². The molecule has 0 spiro atoms. The van der Waals surface area contributed by atoms with E-state index in [1.807, 2.05) is 36.4 Å². The number of aromatic nitrogens is 2. The summed E-state index contributed by atoms with van der Waals surface area (Å²) in [5, 5.41) is 3.00. The van der Waals surface area contributed by atoms with Gasteiger partial charge in [0.2, 0.25) is 0 Å². The Morgan fingerprint density at radius 3 is 2.75 bits per heavy atom. The average Bonchev–Trinajstić information content (AvgIpc) is 3.40. The number of amides is 1. The average molecular weight is 319 g/mol. The maximum atomic E-state index is 12.4. The van der Waals surface area contributed by atoms with Crippen LogP contribution in [0.2, 0.25) is 0 Å². The predicted molar refractivity (Wildman–Crippen MR) is 95.2 cm³/mol. The number of carbonyl (C=O) groups is 1. The van der Waals surface area contributed by atoms with Gasteiger partial charge < -0.3 is 9.88 Å². The lowest BCUT2D eigenvalue weighted by molar-refractivity contribution is 0.0954. The van der Waals surface area contributed by atoms with Crippen LogP contribution in [0.25, 0.3) is 11.0 Å². The molecule has 4 heteroatoms. The highest BCUT2D eigenvalue weighted by Gasteiger charge is 2.28. The maximum Gasteiger partial charge on any atom is 0.251 e. The fourth-order valence-corrected chi connectivity index (χ4v) is 3.13. The lowest BCUT2D eigenvalue weighted by atomic mass is 10.1. The van der Waals surface area contributed by atoms with Gasteiger partial charge in [-0.1, -0.05) is 30.3 Å². The van der Waals surface area contributed by atoms with Crippen LogP contribution in [0.1, 0.15) is 40.5 Å². The first-order chi connectivity index (χ1) is 11.7. The zero-order chi connectivity index (χ0) is 16.5. The maximum absolute atomic E-state index is 12.4. The Morgan fingerprint density at radius 1 is 1.21 bits per heavy atom. The van der Waals surface area contributed by atoms with Gasteiger partial charge in [-0.3, -0.25) is 4.79 Å². The van der Waals surface area contributed by atoms with Crippen LogP contribution in [0.15, 0.2) is 48.5 Å². The monoisotopic (exact) mass is 319 g/mol. The largest absolute Gasteiger partial charge is 0.352 e. The molecule has 1 saturated carbocycles. The van der Waals surface area contributed by atoms with Gasteiger partial charge in [-0.05, 0) is 43.0 Å². The van der Waals surface area contributed by atoms with E-state index in [1.54, 1.807) is 0 Å². The van der Waals surface area contributed by atoms with Gasteiger partial charge >= 0.3 is 0 Å². The van der Waals surface area contributed by atoms with Crippen molar-refractivity contribution in [3.8, 4) is 0 Å². The van der Waals surface area contributed by atoms with Crippen LogP contribution in [0.4, 0.5) is 0 Å². The van der Waals surface area contributed by atoms with E-state index in [4.69, 9.17) is 4.98 Å². The Morgan fingerprint density at radius 2 is 2.00 bits per heavy atom. The van der Waals surface area contributed by atoms with Crippen LogP contribution >= 0.6 is 0 Å². The van der Waals surface area contributed by atoms with E-state index in [0.29, 0.717) is 18.0 Å². The summed E-state index contributed by atoms with van der Waals surface area (Å²) in [6.45, 7) is 0.635. The molecule has 122 valence electrons. The SMILES string of the molecule is Cn1c(C2CC2)nc2cc(C(=O)NCCc3ccccc3)ccc21. The number of hydrogen-bond donors (Lipinski definition) is 1. The summed E-state index contributed by atoms with van der Waals surface area (Å²) in [7, 11) is 2.06. The second-order valence-corrected chi connectivity index (χ2v) is 6.50. The molecule has 2 aromatic carbocycles. The highest BCUT2D eigenvalue weighted by atomic mass is 16.1. The molecule has 1 amide bonds. The summed E-state index contributed by atoms with van der Waals surface area (Å²) in [6.07, 6.45) is 3.29. The Labute approximate surface area is 141 Å². The fourth-order valence-electron chi connectivity index (χ4n) is 3.13. The van der Waals surface area contributed by atoms with Crippen molar-refractivity contribution in [2.75, 3.05) is 6.54 Å². The van der Waals surface area contributed by atoms with E-state index in [2.05, 4.69) is 29.1 Å². The van der Waals surface area contributed by atoms with Crippen LogP contribution in [-0.2, 0) is 13.5 Å². The van der Waals surface area contributed by atoms with Gasteiger partial charge in [-0.15, -0.1) is 0 Å². The van der Waals surface area contributed by atoms with Gasteiger partial charge in [0.25, 0.3) is 5.91 Å². The molecule has 1 heterocycles. The molecule has 0 atom stereocenters. The minimum absolute atomic E-state index is 0.0357. The topological polar surface area (TPSA) is 46.9 Å². The van der Waals surface area contributed by atoms with Crippen molar-refractivity contribution in [1.29, 1.82) is 0 Å². The Hall–Kier alpha value is -2.62. The Bertz CT molecular complexity index is 879. The number of aryl methyl sites for hydroxylation is 1. The van der Waals surface area contributed by atoms with Crippen molar-refractivity contribution in [3.05, 3.63) is 65.5 Å². The third-order valence-corrected chi connectivity index (χ3v) is 4.66. The van der Waals surface area contributed by atoms with Crippen LogP contribution in [0.3, 0.4) is 0 Å². The molecule has 3 aromatic rings. The number of benzene rings is 2. The van der Waals surface area contributed by atoms with E-state index in [0.717, 1.165) is 23.3 Å². The van der Waals surface area contributed by atoms with Gasteiger partial charge in [-0.2, -0.15) is 0 Å². The van der Waals surface area contributed by atoms with Gasteiger partial charge in [0.15, 0.2) is 0 Å². The number of fused-ring (bicyclic) bond motifs is 1. The lowest BCUT2D eigenvalue weighted by Gasteiger charge is -2.06. The molecule has 1 aromatic heterocycles. The summed E-state index contributed by atoms with van der Waals surface area (Å²) in [5.41, 5.74) is 3.91. The van der Waals surface area contributed by atoms with E-state index in [1.165, 1.54) is 18.4 Å². The number of rotatable bonds is 5. The first kappa shape index (κ1) is 14.9. The van der Waals surface area contributed by atoms with Gasteiger partial charge in [0, 0.05) is 25.1 Å². The number of hydrogen-bond acceptors (Lipinski definition) is 2. The first-order valence-electron chi connectivity index (χ1n) is 8.51. The minimum Gasteiger partial charge on any atom is -0.352 e. The molecule has 0 radical (unpaired) electrons. The standard InChI is InChI=1S/C20H21N3O/c1-23-18-10-9-16(13-17(18)22-19(23)15-7-8-15)20(24)21-12-11-14-5-3-2-4-6-14/h2-6,9-10,13,15H,7-8,11-12H2,1H3,(H,21,24). The van der Waals surface area contributed by atoms with Crippen LogP contribution in [-0.4, -0.2) is 22.0 Å². The molecule has 1 aliphatic carbocycles. The summed E-state index contributed by atoms with van der Waals surface area (Å²) < 4.78 is 2.16. The first-order valence-corrected chi connectivity index (χ1v) is 8.51. The second kappa shape index (κ2) is 6.11. The molecule has 0 bridgehead atoms. The molecule has 0 aliphatic heterocycles. The zero-order valence-corrected chi connectivity index (χ0v) is 13.8. The third kappa shape index (κ3) is 2.92. The molecule has 1 N–H and O–H groups in total. The van der Waals surface area contributed by atoms with E-state index in [-0.39, 0.29) is 5.91 Å². The van der Waals surface area contributed by atoms with Crippen molar-refractivity contribution in [2.45, 2.75) is 25.2 Å². The third-order valence-electron chi connectivity index (χ3n) is 4.66. The molecule has 1 aliphatic rings. The molecular formula is C20H21N3O. The molecule has 4 nitrogen and oxygen atoms in total. The van der Waals surface area contributed by atoms with Crippen molar-refractivity contribution in [2.24, 2.45) is 7.05 Å². The minimum atomic E-state index is -0.0357. The number of carbonyl (C=O) groups excluding carboxylic acids is 1. The van der Waals surface area contributed by atoms with Gasteiger partial charge in [0.1, 0.15) is 5.82 Å². The quantitative estimate of drug-likeness (QED) is 0.783. The molecule has 4 rings (SSSR count). The Balaban J connectivity index is 1.46. The molecule has 24 heavy (non-hydrogen) atoms. The lowest BCUT2D eigenvalue weighted by Crippen LogP contribution is -2.25. The van der Waals surface area contributed by atoms with E-state index < -0.39 is 0 Å². The van der Waals surface area contributed by atoms with Crippen molar-refractivity contribution in [3.63, 3.8) is 0 Å². The molecule has 0 saturated heterocycles. The molecular weight excluding hydrogens is 298 g/mol. The number of imidazole rings is 1. The van der Waals surface area contributed by atoms with E-state index >= 15 is 0 Å². The summed E-state index contributed by atoms with van der Waals surface area (Å²) >= 11 is 0. The van der Waals surface area contributed by atoms with Crippen LogP contribution in [0.5, 0.6) is 0 Å². The smallest absolute Gasteiger partial charge is 0.251 e. The van der Waals surface area contributed by atoms with Crippen LogP contribution < -0.4 is 5.32 Å². The Kier molecular flexibility index (Phi) is 3.81. The van der Waals surface area contributed by atoms with Crippen molar-refractivity contribution < 1.29 is 4.79 Å². The normalized spacial score (nSPS) is 14.0. The predicted octanol–water partition coefficient (Wildman–Crippen LogP) is 3.42.